The van der Waals surface area contributed by atoms with Crippen molar-refractivity contribution in [1.29, 1.82) is 0 Å². The Morgan fingerprint density at radius 3 is 2.81 bits per heavy atom. The van der Waals surface area contributed by atoms with Gasteiger partial charge in [0.1, 0.15) is 11.4 Å². The number of H-pyrrole nitrogens is 1. The Morgan fingerprint density at radius 1 is 1.42 bits per heavy atom. The van der Waals surface area contributed by atoms with E-state index >= 15 is 0 Å². The van der Waals surface area contributed by atoms with E-state index in [-0.39, 0.29) is 5.56 Å². The molecule has 140 valence electrons. The Hall–Kier alpha value is -2.35. The van der Waals surface area contributed by atoms with Gasteiger partial charge in [-0.15, -0.1) is 0 Å². The van der Waals surface area contributed by atoms with Crippen LogP contribution in [0.25, 0.3) is 11.4 Å². The molecule has 0 aliphatic heterocycles. The highest BCUT2D eigenvalue weighted by atomic mass is 32.2. The maximum absolute atomic E-state index is 12.2. The van der Waals surface area contributed by atoms with Gasteiger partial charge in [0, 0.05) is 24.0 Å². The first-order valence-electron chi connectivity index (χ1n) is 8.28. The summed E-state index contributed by atoms with van der Waals surface area (Å²) in [6.45, 7) is 5.40. The second-order valence-corrected chi connectivity index (χ2v) is 7.73. The highest BCUT2D eigenvalue weighted by Gasteiger charge is 2.22. The molecular formula is C18H24N4O3S. The number of rotatable bonds is 6. The van der Waals surface area contributed by atoms with E-state index in [1.165, 1.54) is 6.07 Å². The summed E-state index contributed by atoms with van der Waals surface area (Å²) in [6, 6.07) is 4.57. The number of thioether (sulfide) groups is 1. The standard InChI is InChI=1S/C18H24N4O3S/c1-18(2,3)25-17(24)21-13(7-9-26-4)14-10-15(23)22-16(20-14)12-6-5-8-19-11-12/h5-6,8,10-11,13H,7,9H2,1-4H3,(H,21,24)(H,20,22,23). The van der Waals surface area contributed by atoms with Crippen molar-refractivity contribution >= 4 is 17.9 Å². The maximum atomic E-state index is 12.2. The van der Waals surface area contributed by atoms with E-state index in [0.29, 0.717) is 23.5 Å². The third-order valence-electron chi connectivity index (χ3n) is 3.36. The summed E-state index contributed by atoms with van der Waals surface area (Å²) in [5, 5.41) is 2.83. The molecule has 0 aliphatic rings. The summed E-state index contributed by atoms with van der Waals surface area (Å²) in [5.41, 5.74) is 0.310. The number of pyridine rings is 1. The molecule has 2 aromatic heterocycles. The number of hydrogen-bond donors (Lipinski definition) is 2. The largest absolute Gasteiger partial charge is 0.444 e. The molecular weight excluding hydrogens is 352 g/mol. The van der Waals surface area contributed by atoms with Gasteiger partial charge in [0.15, 0.2) is 0 Å². The Labute approximate surface area is 157 Å². The van der Waals surface area contributed by atoms with Gasteiger partial charge in [-0.3, -0.25) is 9.78 Å². The number of ether oxygens (including phenoxy) is 1. The molecule has 2 rings (SSSR count). The fraction of sp³-hybridized carbons (Fsp3) is 0.444. The van der Waals surface area contributed by atoms with E-state index in [2.05, 4.69) is 20.3 Å². The molecule has 2 heterocycles. The summed E-state index contributed by atoms with van der Waals surface area (Å²) in [4.78, 5) is 35.6. The molecule has 0 saturated heterocycles. The lowest BCUT2D eigenvalue weighted by molar-refractivity contribution is 0.0501. The second-order valence-electron chi connectivity index (χ2n) is 6.74. The van der Waals surface area contributed by atoms with Crippen LogP contribution in [0.15, 0.2) is 35.4 Å². The van der Waals surface area contributed by atoms with Gasteiger partial charge in [-0.25, -0.2) is 9.78 Å². The highest BCUT2D eigenvalue weighted by molar-refractivity contribution is 7.98. The number of aromatic nitrogens is 3. The summed E-state index contributed by atoms with van der Waals surface area (Å²) >= 11 is 1.65. The first kappa shape index (κ1) is 20.0. The lowest BCUT2D eigenvalue weighted by atomic mass is 10.1. The van der Waals surface area contributed by atoms with Crippen LogP contribution in [0.3, 0.4) is 0 Å². The van der Waals surface area contributed by atoms with E-state index in [0.717, 1.165) is 5.75 Å². The van der Waals surface area contributed by atoms with Crippen molar-refractivity contribution in [2.24, 2.45) is 0 Å². The number of aromatic amines is 1. The molecule has 0 aromatic carbocycles. The Bertz CT molecular complexity index is 787. The molecule has 26 heavy (non-hydrogen) atoms. The van der Waals surface area contributed by atoms with E-state index in [9.17, 15) is 9.59 Å². The molecule has 0 bridgehead atoms. The van der Waals surface area contributed by atoms with Crippen molar-refractivity contribution in [3.63, 3.8) is 0 Å². The normalized spacial score (nSPS) is 12.5. The molecule has 0 spiro atoms. The summed E-state index contributed by atoms with van der Waals surface area (Å²) in [6.07, 6.45) is 5.35. The van der Waals surface area contributed by atoms with Crippen molar-refractivity contribution in [3.8, 4) is 11.4 Å². The van der Waals surface area contributed by atoms with E-state index in [1.54, 1.807) is 51.0 Å². The zero-order chi connectivity index (χ0) is 19.2. The molecule has 0 aliphatic carbocycles. The molecule has 2 aromatic rings. The smallest absolute Gasteiger partial charge is 0.408 e. The van der Waals surface area contributed by atoms with Crippen LogP contribution in [0.2, 0.25) is 0 Å². The van der Waals surface area contributed by atoms with Crippen molar-refractivity contribution < 1.29 is 9.53 Å². The lowest BCUT2D eigenvalue weighted by Crippen LogP contribution is -2.36. The molecule has 1 atom stereocenters. The minimum absolute atomic E-state index is 0.283. The zero-order valence-corrected chi connectivity index (χ0v) is 16.2. The monoisotopic (exact) mass is 376 g/mol. The molecule has 1 amide bonds. The molecule has 1 unspecified atom stereocenters. The first-order chi connectivity index (χ1) is 12.3. The van der Waals surface area contributed by atoms with Crippen molar-refractivity contribution in [2.75, 3.05) is 12.0 Å². The van der Waals surface area contributed by atoms with Crippen LogP contribution in [-0.2, 0) is 4.74 Å². The summed E-state index contributed by atoms with van der Waals surface area (Å²) in [7, 11) is 0. The zero-order valence-electron chi connectivity index (χ0n) is 15.4. The average molecular weight is 376 g/mol. The van der Waals surface area contributed by atoms with Gasteiger partial charge in [-0.05, 0) is 51.3 Å². The quantitative estimate of drug-likeness (QED) is 0.804. The third-order valence-corrected chi connectivity index (χ3v) is 4.00. The van der Waals surface area contributed by atoms with Gasteiger partial charge in [0.05, 0.1) is 11.7 Å². The third kappa shape index (κ3) is 6.18. The minimum atomic E-state index is -0.601. The van der Waals surface area contributed by atoms with Gasteiger partial charge in [0.2, 0.25) is 0 Å². The van der Waals surface area contributed by atoms with Gasteiger partial charge in [-0.2, -0.15) is 11.8 Å². The number of amides is 1. The van der Waals surface area contributed by atoms with E-state index in [1.807, 2.05) is 12.3 Å². The van der Waals surface area contributed by atoms with Gasteiger partial charge in [-0.1, -0.05) is 0 Å². The van der Waals surface area contributed by atoms with Crippen molar-refractivity contribution in [2.45, 2.75) is 38.8 Å². The van der Waals surface area contributed by atoms with Crippen molar-refractivity contribution in [1.82, 2.24) is 20.3 Å². The number of alkyl carbamates (subject to hydrolysis) is 1. The number of carbonyl (C=O) groups is 1. The molecule has 2 N–H and O–H groups in total. The topological polar surface area (TPSA) is 97.0 Å². The van der Waals surface area contributed by atoms with E-state index < -0.39 is 17.7 Å². The molecule has 0 radical (unpaired) electrons. The molecule has 7 nitrogen and oxygen atoms in total. The molecule has 0 saturated carbocycles. The van der Waals surface area contributed by atoms with Crippen LogP contribution in [0.4, 0.5) is 4.79 Å². The fourth-order valence-electron chi connectivity index (χ4n) is 2.27. The van der Waals surface area contributed by atoms with Crippen LogP contribution < -0.4 is 10.9 Å². The second kappa shape index (κ2) is 8.84. The van der Waals surface area contributed by atoms with Crippen LogP contribution in [0.5, 0.6) is 0 Å². The van der Waals surface area contributed by atoms with Gasteiger partial charge < -0.3 is 15.0 Å². The van der Waals surface area contributed by atoms with Crippen LogP contribution in [0, 0.1) is 0 Å². The summed E-state index contributed by atoms with van der Waals surface area (Å²) in [5.74, 6) is 1.22. The van der Waals surface area contributed by atoms with Crippen LogP contribution in [0.1, 0.15) is 38.9 Å². The first-order valence-corrected chi connectivity index (χ1v) is 9.68. The number of hydrogen-bond acceptors (Lipinski definition) is 6. The van der Waals surface area contributed by atoms with Gasteiger partial charge in [0.25, 0.3) is 5.56 Å². The average Bonchev–Trinajstić information content (AvgIpc) is 2.57. The number of nitrogens with one attached hydrogen (secondary N) is 2. The minimum Gasteiger partial charge on any atom is -0.444 e. The predicted octanol–water partition coefficient (Wildman–Crippen LogP) is 3.15. The summed E-state index contributed by atoms with van der Waals surface area (Å²) < 4.78 is 5.33. The van der Waals surface area contributed by atoms with Gasteiger partial charge >= 0.3 is 6.09 Å². The molecule has 8 heteroatoms. The fourth-order valence-corrected chi connectivity index (χ4v) is 2.75. The van der Waals surface area contributed by atoms with E-state index in [4.69, 9.17) is 4.74 Å². The number of carbonyl (C=O) groups excluding carboxylic acids is 1. The van der Waals surface area contributed by atoms with Crippen molar-refractivity contribution in [3.05, 3.63) is 46.6 Å². The Kier molecular flexibility index (Phi) is 6.79. The molecule has 0 fully saturated rings. The highest BCUT2D eigenvalue weighted by Crippen LogP contribution is 2.20. The Balaban J connectivity index is 2.31. The van der Waals surface area contributed by atoms with Crippen LogP contribution in [-0.4, -0.2) is 38.7 Å². The number of nitrogens with zero attached hydrogens (tertiary/aromatic N) is 2. The van der Waals surface area contributed by atoms with Crippen LogP contribution >= 0.6 is 11.8 Å². The maximum Gasteiger partial charge on any atom is 0.408 e. The Morgan fingerprint density at radius 2 is 2.19 bits per heavy atom. The predicted molar refractivity (Wildman–Crippen MR) is 103 cm³/mol. The lowest BCUT2D eigenvalue weighted by Gasteiger charge is -2.23. The SMILES string of the molecule is CSCCC(NC(=O)OC(C)(C)C)c1cc(=O)[nH]c(-c2cccnc2)n1.